The first-order valence-corrected chi connectivity index (χ1v) is 6.70. The highest BCUT2D eigenvalue weighted by Gasteiger charge is 2.14. The van der Waals surface area contributed by atoms with Crippen LogP contribution in [0.25, 0.3) is 0 Å². The minimum atomic E-state index is 0.643. The van der Waals surface area contributed by atoms with Gasteiger partial charge in [0.2, 0.25) is 0 Å². The fourth-order valence-corrected chi connectivity index (χ4v) is 2.58. The smallest absolute Gasteiger partial charge is 0.0169 e. The van der Waals surface area contributed by atoms with Crippen LogP contribution in [-0.4, -0.2) is 36.6 Å². The van der Waals surface area contributed by atoms with Crippen molar-refractivity contribution in [1.29, 1.82) is 0 Å². The molecule has 2 unspecified atom stereocenters. The van der Waals surface area contributed by atoms with Gasteiger partial charge in [0.15, 0.2) is 0 Å². The summed E-state index contributed by atoms with van der Waals surface area (Å²) in [6.07, 6.45) is 6.81. The Bertz CT molecular complexity index is 153. The summed E-state index contributed by atoms with van der Waals surface area (Å²) in [5, 5.41) is 3.69. The Morgan fingerprint density at radius 2 is 1.73 bits per heavy atom. The van der Waals surface area contributed by atoms with Gasteiger partial charge in [0.05, 0.1) is 0 Å². The third-order valence-electron chi connectivity index (χ3n) is 3.27. The summed E-state index contributed by atoms with van der Waals surface area (Å²) in [7, 11) is 0. The lowest BCUT2D eigenvalue weighted by molar-refractivity contribution is 0.204. The normalized spacial score (nSPS) is 22.6. The first kappa shape index (κ1) is 13.0. The molecular formula is C13H28N2. The molecule has 0 amide bonds. The van der Waals surface area contributed by atoms with Crippen LogP contribution in [0.2, 0.25) is 0 Å². The second kappa shape index (κ2) is 7.24. The lowest BCUT2D eigenvalue weighted by Crippen LogP contribution is -2.44. The van der Waals surface area contributed by atoms with Crippen LogP contribution in [0.3, 0.4) is 0 Å². The number of piperidine rings is 1. The standard InChI is InChI=1S/C13H28N2/c1-4-8-12(2)14-13(3)11-15-9-6-5-7-10-15/h12-14H,4-11H2,1-3H3. The zero-order valence-corrected chi connectivity index (χ0v) is 10.8. The summed E-state index contributed by atoms with van der Waals surface area (Å²) in [6, 6.07) is 1.32. The zero-order valence-electron chi connectivity index (χ0n) is 10.8. The van der Waals surface area contributed by atoms with Gasteiger partial charge in [-0.15, -0.1) is 0 Å². The molecule has 1 fully saturated rings. The third-order valence-corrected chi connectivity index (χ3v) is 3.27. The van der Waals surface area contributed by atoms with Gasteiger partial charge in [-0.05, 0) is 46.2 Å². The van der Waals surface area contributed by atoms with Gasteiger partial charge in [-0.2, -0.15) is 0 Å². The van der Waals surface area contributed by atoms with E-state index in [9.17, 15) is 0 Å². The molecule has 0 aromatic rings. The molecule has 0 bridgehead atoms. The van der Waals surface area contributed by atoms with E-state index in [-0.39, 0.29) is 0 Å². The first-order valence-electron chi connectivity index (χ1n) is 6.70. The van der Waals surface area contributed by atoms with E-state index in [1.165, 1.54) is 51.7 Å². The highest BCUT2D eigenvalue weighted by Crippen LogP contribution is 2.09. The fraction of sp³-hybridized carbons (Fsp3) is 1.00. The predicted molar refractivity (Wildman–Crippen MR) is 67.3 cm³/mol. The fourth-order valence-electron chi connectivity index (χ4n) is 2.58. The molecule has 1 rings (SSSR count). The summed E-state index contributed by atoms with van der Waals surface area (Å²) >= 11 is 0. The maximum absolute atomic E-state index is 3.69. The van der Waals surface area contributed by atoms with Crippen LogP contribution < -0.4 is 5.32 Å². The van der Waals surface area contributed by atoms with Crippen LogP contribution in [0.4, 0.5) is 0 Å². The van der Waals surface area contributed by atoms with Gasteiger partial charge >= 0.3 is 0 Å². The molecule has 90 valence electrons. The molecule has 0 radical (unpaired) electrons. The van der Waals surface area contributed by atoms with Gasteiger partial charge in [0.25, 0.3) is 0 Å². The van der Waals surface area contributed by atoms with Gasteiger partial charge in [-0.25, -0.2) is 0 Å². The van der Waals surface area contributed by atoms with Crippen molar-refractivity contribution in [3.05, 3.63) is 0 Å². The third kappa shape index (κ3) is 5.53. The summed E-state index contributed by atoms with van der Waals surface area (Å²) < 4.78 is 0. The van der Waals surface area contributed by atoms with Crippen LogP contribution in [0, 0.1) is 0 Å². The number of likely N-dealkylation sites (tertiary alicyclic amines) is 1. The average molecular weight is 212 g/mol. The van der Waals surface area contributed by atoms with E-state index in [1.807, 2.05) is 0 Å². The second-order valence-electron chi connectivity index (χ2n) is 5.12. The van der Waals surface area contributed by atoms with Crippen LogP contribution in [0.15, 0.2) is 0 Å². The van der Waals surface area contributed by atoms with Crippen molar-refractivity contribution in [2.24, 2.45) is 0 Å². The van der Waals surface area contributed by atoms with E-state index in [0.29, 0.717) is 12.1 Å². The molecule has 0 aliphatic carbocycles. The van der Waals surface area contributed by atoms with Crippen LogP contribution >= 0.6 is 0 Å². The summed E-state index contributed by atoms with van der Waals surface area (Å²) in [6.45, 7) is 10.7. The molecule has 1 heterocycles. The second-order valence-corrected chi connectivity index (χ2v) is 5.12. The van der Waals surface area contributed by atoms with E-state index in [0.717, 1.165) is 0 Å². The number of hydrogen-bond acceptors (Lipinski definition) is 2. The molecule has 0 aromatic heterocycles. The largest absolute Gasteiger partial charge is 0.311 e. The van der Waals surface area contributed by atoms with Crippen LogP contribution in [-0.2, 0) is 0 Å². The SMILES string of the molecule is CCCC(C)NC(C)CN1CCCCC1. The summed E-state index contributed by atoms with van der Waals surface area (Å²) in [4.78, 5) is 2.61. The number of nitrogens with one attached hydrogen (secondary N) is 1. The number of hydrogen-bond donors (Lipinski definition) is 1. The van der Waals surface area contributed by atoms with Gasteiger partial charge in [0.1, 0.15) is 0 Å². The predicted octanol–water partition coefficient (Wildman–Crippen LogP) is 2.64. The van der Waals surface area contributed by atoms with Crippen molar-refractivity contribution in [3.8, 4) is 0 Å². The Morgan fingerprint density at radius 1 is 1.07 bits per heavy atom. The minimum Gasteiger partial charge on any atom is -0.311 e. The molecular weight excluding hydrogens is 184 g/mol. The lowest BCUT2D eigenvalue weighted by Gasteiger charge is -2.30. The highest BCUT2D eigenvalue weighted by molar-refractivity contribution is 4.73. The van der Waals surface area contributed by atoms with Gasteiger partial charge in [0, 0.05) is 18.6 Å². The Balaban J connectivity index is 2.13. The van der Waals surface area contributed by atoms with Gasteiger partial charge < -0.3 is 10.2 Å². The van der Waals surface area contributed by atoms with E-state index in [2.05, 4.69) is 31.0 Å². The minimum absolute atomic E-state index is 0.643. The van der Waals surface area contributed by atoms with E-state index in [1.54, 1.807) is 0 Å². The summed E-state index contributed by atoms with van der Waals surface area (Å²) in [5.41, 5.74) is 0. The molecule has 2 heteroatoms. The van der Waals surface area contributed by atoms with Crippen molar-refractivity contribution in [3.63, 3.8) is 0 Å². The van der Waals surface area contributed by atoms with Gasteiger partial charge in [-0.1, -0.05) is 19.8 Å². The molecule has 1 saturated heterocycles. The molecule has 1 aliphatic rings. The van der Waals surface area contributed by atoms with Gasteiger partial charge in [-0.3, -0.25) is 0 Å². The highest BCUT2D eigenvalue weighted by atomic mass is 15.2. The Labute approximate surface area is 95.4 Å². The van der Waals surface area contributed by atoms with Crippen molar-refractivity contribution >= 4 is 0 Å². The molecule has 2 nitrogen and oxygen atoms in total. The monoisotopic (exact) mass is 212 g/mol. The van der Waals surface area contributed by atoms with E-state index < -0.39 is 0 Å². The molecule has 15 heavy (non-hydrogen) atoms. The van der Waals surface area contributed by atoms with Crippen LogP contribution in [0.5, 0.6) is 0 Å². The Kier molecular flexibility index (Phi) is 6.26. The van der Waals surface area contributed by atoms with Crippen molar-refractivity contribution in [1.82, 2.24) is 10.2 Å². The Hall–Kier alpha value is -0.0800. The number of nitrogens with zero attached hydrogens (tertiary/aromatic N) is 1. The topological polar surface area (TPSA) is 15.3 Å². The first-order chi connectivity index (χ1) is 7.22. The molecule has 0 saturated carbocycles. The molecule has 2 atom stereocenters. The molecule has 0 aromatic carbocycles. The molecule has 0 spiro atoms. The van der Waals surface area contributed by atoms with Crippen molar-refractivity contribution in [2.75, 3.05) is 19.6 Å². The Morgan fingerprint density at radius 3 is 2.33 bits per heavy atom. The molecule has 1 N–H and O–H groups in total. The van der Waals surface area contributed by atoms with Crippen molar-refractivity contribution in [2.45, 2.75) is 65.0 Å². The van der Waals surface area contributed by atoms with E-state index >= 15 is 0 Å². The maximum Gasteiger partial charge on any atom is 0.0169 e. The maximum atomic E-state index is 3.69. The number of rotatable bonds is 6. The summed E-state index contributed by atoms with van der Waals surface area (Å²) in [5.74, 6) is 0. The zero-order chi connectivity index (χ0) is 11.1. The lowest BCUT2D eigenvalue weighted by atomic mass is 10.1. The van der Waals surface area contributed by atoms with Crippen molar-refractivity contribution < 1.29 is 0 Å². The van der Waals surface area contributed by atoms with E-state index in [4.69, 9.17) is 0 Å². The molecule has 1 aliphatic heterocycles. The quantitative estimate of drug-likeness (QED) is 0.728. The van der Waals surface area contributed by atoms with Crippen LogP contribution in [0.1, 0.15) is 52.9 Å². The average Bonchev–Trinajstić information content (AvgIpc) is 2.19.